The van der Waals surface area contributed by atoms with Crippen molar-refractivity contribution in [2.24, 2.45) is 0 Å². The minimum Gasteiger partial charge on any atom is -0.394 e. The molecule has 2 fully saturated rings. The zero-order chi connectivity index (χ0) is 56.0. The molecule has 12 atom stereocenters. The van der Waals surface area contributed by atoms with Crippen LogP contribution in [-0.4, -0.2) is 140 Å². The number of unbranched alkanes of at least 4 members (excludes halogenated alkanes) is 20. The maximum atomic E-state index is 13.2. The molecule has 0 aromatic heterocycles. The van der Waals surface area contributed by atoms with Gasteiger partial charge in [-0.2, -0.15) is 0 Å². The lowest BCUT2D eigenvalue weighted by Gasteiger charge is -2.46. The summed E-state index contributed by atoms with van der Waals surface area (Å²) in [5, 5.41) is 86.9. The molecular formula is C63H107NO13. The van der Waals surface area contributed by atoms with Gasteiger partial charge in [0, 0.05) is 6.42 Å². The van der Waals surface area contributed by atoms with Gasteiger partial charge in [0.1, 0.15) is 48.8 Å². The molecule has 77 heavy (non-hydrogen) atoms. The van der Waals surface area contributed by atoms with Crippen LogP contribution in [0.1, 0.15) is 200 Å². The Kier molecular flexibility index (Phi) is 43.4. The molecule has 12 unspecified atom stereocenters. The molecular weight excluding hydrogens is 979 g/mol. The van der Waals surface area contributed by atoms with Crippen LogP contribution in [0, 0.1) is 0 Å². The Labute approximate surface area is 464 Å². The summed E-state index contributed by atoms with van der Waals surface area (Å²) >= 11 is 0. The molecule has 2 aliphatic rings. The standard InChI is InChI=1S/C63H107NO13/c1-3-5-7-9-11-13-15-17-19-20-21-22-23-24-25-26-27-28-29-30-31-33-34-36-38-40-42-44-46-52(67)51(64-55(68)47-45-43-41-39-37-35-32-18-16-14-12-10-8-6-4-2)50-74-62-60(73)58(71)61(54(49-66)76-62)77-63-59(72)57(70)56(69)53(48-65)75-63/h6,8,12,14,18,30-32,36-39,43-46,51-54,56-63,65-67,69-73H,3-5,7,9-11,13,15-17,19-29,33-35,40-42,47-50H2,1-2H3,(H,64,68)/b8-6-,14-12-,31-30+,32-18-,38-36+,39-37-,45-43-,46-44+. The van der Waals surface area contributed by atoms with Crippen molar-refractivity contribution in [3.8, 4) is 0 Å². The van der Waals surface area contributed by atoms with E-state index in [0.717, 1.165) is 51.4 Å². The number of rotatable bonds is 46. The molecule has 9 N–H and O–H groups in total. The van der Waals surface area contributed by atoms with Crippen molar-refractivity contribution < 1.29 is 64.6 Å². The summed E-state index contributed by atoms with van der Waals surface area (Å²) in [5.41, 5.74) is 0. The number of aliphatic hydroxyl groups is 8. The van der Waals surface area contributed by atoms with Crippen LogP contribution in [0.25, 0.3) is 0 Å². The van der Waals surface area contributed by atoms with Crippen LogP contribution in [-0.2, 0) is 23.7 Å². The molecule has 14 heteroatoms. The maximum absolute atomic E-state index is 13.2. The van der Waals surface area contributed by atoms with Gasteiger partial charge in [-0.3, -0.25) is 4.79 Å². The molecule has 0 spiro atoms. The van der Waals surface area contributed by atoms with Gasteiger partial charge in [-0.25, -0.2) is 0 Å². The predicted octanol–water partition coefficient (Wildman–Crippen LogP) is 10.3. The van der Waals surface area contributed by atoms with Crippen LogP contribution in [0.15, 0.2) is 97.2 Å². The average Bonchev–Trinajstić information content (AvgIpc) is 3.44. The highest BCUT2D eigenvalue weighted by atomic mass is 16.7. The van der Waals surface area contributed by atoms with E-state index in [2.05, 4.69) is 86.0 Å². The molecule has 0 aromatic rings. The van der Waals surface area contributed by atoms with Crippen molar-refractivity contribution >= 4 is 5.91 Å². The van der Waals surface area contributed by atoms with Gasteiger partial charge in [0.05, 0.1) is 32.0 Å². The van der Waals surface area contributed by atoms with Gasteiger partial charge in [-0.15, -0.1) is 0 Å². The maximum Gasteiger partial charge on any atom is 0.224 e. The summed E-state index contributed by atoms with van der Waals surface area (Å²) in [6.45, 7) is 2.58. The van der Waals surface area contributed by atoms with E-state index in [1.807, 2.05) is 18.2 Å². The van der Waals surface area contributed by atoms with Gasteiger partial charge >= 0.3 is 0 Å². The Morgan fingerprint density at radius 3 is 1.40 bits per heavy atom. The third kappa shape index (κ3) is 33.3. The van der Waals surface area contributed by atoms with E-state index < -0.39 is 86.8 Å². The van der Waals surface area contributed by atoms with E-state index in [-0.39, 0.29) is 18.9 Å². The average molecular weight is 1090 g/mol. The summed E-state index contributed by atoms with van der Waals surface area (Å²) in [4.78, 5) is 13.2. The minimum atomic E-state index is -1.81. The Balaban J connectivity index is 1.79. The van der Waals surface area contributed by atoms with E-state index in [0.29, 0.717) is 12.8 Å². The fourth-order valence-corrected chi connectivity index (χ4v) is 9.21. The van der Waals surface area contributed by atoms with E-state index in [1.165, 1.54) is 116 Å². The largest absolute Gasteiger partial charge is 0.394 e. The Hall–Kier alpha value is -3.09. The molecule has 0 radical (unpaired) electrons. The normalized spacial score (nSPS) is 25.4. The number of ether oxygens (including phenoxy) is 4. The Bertz CT molecular complexity index is 1660. The van der Waals surface area contributed by atoms with E-state index in [1.54, 1.807) is 12.2 Å². The molecule has 0 bridgehead atoms. The van der Waals surface area contributed by atoms with Crippen LogP contribution in [0.3, 0.4) is 0 Å². The molecule has 0 aromatic carbocycles. The van der Waals surface area contributed by atoms with Gasteiger partial charge in [0.25, 0.3) is 0 Å². The second-order valence-electron chi connectivity index (χ2n) is 20.7. The topological polar surface area (TPSA) is 228 Å². The third-order valence-electron chi connectivity index (χ3n) is 14.0. The van der Waals surface area contributed by atoms with E-state index in [4.69, 9.17) is 18.9 Å². The smallest absolute Gasteiger partial charge is 0.224 e. The van der Waals surface area contributed by atoms with Gasteiger partial charge < -0.3 is 65.1 Å². The number of hydrogen-bond acceptors (Lipinski definition) is 13. The molecule has 0 saturated carbocycles. The van der Waals surface area contributed by atoms with Crippen molar-refractivity contribution in [1.82, 2.24) is 5.32 Å². The van der Waals surface area contributed by atoms with Gasteiger partial charge in [0.2, 0.25) is 5.91 Å². The zero-order valence-corrected chi connectivity index (χ0v) is 47.4. The molecule has 0 aliphatic carbocycles. The zero-order valence-electron chi connectivity index (χ0n) is 47.4. The summed E-state index contributed by atoms with van der Waals surface area (Å²) in [6.07, 6.45) is 49.3. The highest BCUT2D eigenvalue weighted by Gasteiger charge is 2.51. The molecule has 442 valence electrons. The van der Waals surface area contributed by atoms with Crippen LogP contribution in [0.5, 0.6) is 0 Å². The van der Waals surface area contributed by atoms with Crippen LogP contribution >= 0.6 is 0 Å². The molecule has 2 aliphatic heterocycles. The lowest BCUT2D eigenvalue weighted by atomic mass is 9.97. The highest BCUT2D eigenvalue weighted by Crippen LogP contribution is 2.30. The number of aliphatic hydroxyl groups excluding tert-OH is 8. The van der Waals surface area contributed by atoms with Crippen molar-refractivity contribution in [2.45, 2.75) is 274 Å². The van der Waals surface area contributed by atoms with E-state index >= 15 is 0 Å². The monoisotopic (exact) mass is 1090 g/mol. The molecule has 1 amide bonds. The SMILES string of the molecule is CC/C=C\C/C=C\C/C=C\C/C=C\C/C=C\CC(=O)NC(COC1OC(CO)C(OC2OC(CO)C(O)C(O)C2O)C(O)C1O)C(O)/C=C/CC/C=C/CC/C=C/CCCCCCCCCCCCCCCCCCCC. The number of carbonyl (C=O) groups is 1. The fraction of sp³-hybridized carbons (Fsp3) is 0.730. The Morgan fingerprint density at radius 1 is 0.481 bits per heavy atom. The second-order valence-corrected chi connectivity index (χ2v) is 20.7. The summed E-state index contributed by atoms with van der Waals surface area (Å²) < 4.78 is 22.7. The number of nitrogens with one attached hydrogen (secondary N) is 1. The van der Waals surface area contributed by atoms with Crippen LogP contribution in [0.4, 0.5) is 0 Å². The fourth-order valence-electron chi connectivity index (χ4n) is 9.21. The van der Waals surface area contributed by atoms with Crippen LogP contribution < -0.4 is 5.32 Å². The lowest BCUT2D eigenvalue weighted by Crippen LogP contribution is -2.65. The first-order valence-electron chi connectivity index (χ1n) is 30.0. The minimum absolute atomic E-state index is 0.0326. The summed E-state index contributed by atoms with van der Waals surface area (Å²) in [7, 11) is 0. The lowest BCUT2D eigenvalue weighted by molar-refractivity contribution is -0.359. The molecule has 2 heterocycles. The summed E-state index contributed by atoms with van der Waals surface area (Å²) in [5.74, 6) is -0.383. The van der Waals surface area contributed by atoms with Crippen LogP contribution in [0.2, 0.25) is 0 Å². The summed E-state index contributed by atoms with van der Waals surface area (Å²) in [6, 6.07) is -0.999. The number of allylic oxidation sites excluding steroid dienone is 14. The van der Waals surface area contributed by atoms with Gasteiger partial charge in [0.15, 0.2) is 12.6 Å². The first-order valence-corrected chi connectivity index (χ1v) is 30.0. The number of hydrogen-bond donors (Lipinski definition) is 9. The number of carbonyl (C=O) groups excluding carboxylic acids is 1. The van der Waals surface area contributed by atoms with Crippen molar-refractivity contribution in [3.05, 3.63) is 97.2 Å². The van der Waals surface area contributed by atoms with Crippen molar-refractivity contribution in [2.75, 3.05) is 19.8 Å². The molecule has 2 rings (SSSR count). The quantitative estimate of drug-likeness (QED) is 0.0205. The first kappa shape index (κ1) is 70.0. The van der Waals surface area contributed by atoms with Crippen molar-refractivity contribution in [3.63, 3.8) is 0 Å². The third-order valence-corrected chi connectivity index (χ3v) is 14.0. The Morgan fingerprint density at radius 2 is 0.909 bits per heavy atom. The number of amides is 1. The second kappa shape index (κ2) is 47.7. The highest BCUT2D eigenvalue weighted by molar-refractivity contribution is 5.77. The van der Waals surface area contributed by atoms with Gasteiger partial charge in [-0.05, 0) is 70.6 Å². The van der Waals surface area contributed by atoms with E-state index in [9.17, 15) is 45.6 Å². The van der Waals surface area contributed by atoms with Crippen molar-refractivity contribution in [1.29, 1.82) is 0 Å². The van der Waals surface area contributed by atoms with Gasteiger partial charge in [-0.1, -0.05) is 220 Å². The predicted molar refractivity (Wildman–Crippen MR) is 309 cm³/mol. The molecule has 2 saturated heterocycles. The first-order chi connectivity index (χ1) is 37.6. The molecule has 14 nitrogen and oxygen atoms in total.